The van der Waals surface area contributed by atoms with Gasteiger partial charge in [0, 0.05) is 6.04 Å². The van der Waals surface area contributed by atoms with Crippen molar-refractivity contribution in [2.45, 2.75) is 71.3 Å². The third kappa shape index (κ3) is 2.05. The maximum Gasteiger partial charge on any atom is 0.0103 e. The number of fused-ring (bicyclic) bond motifs is 2. The summed E-state index contributed by atoms with van der Waals surface area (Å²) in [6.45, 7) is 4.92. The molecule has 0 saturated heterocycles. The number of rotatable bonds is 2. The number of hydrogen-bond acceptors (Lipinski definition) is 1. The molecule has 3 aliphatic carbocycles. The maximum absolute atomic E-state index is 6.72. The van der Waals surface area contributed by atoms with Gasteiger partial charge in [-0.15, -0.1) is 0 Å². The highest BCUT2D eigenvalue weighted by molar-refractivity contribution is 4.99. The Morgan fingerprint density at radius 2 is 1.88 bits per heavy atom. The van der Waals surface area contributed by atoms with Crippen LogP contribution in [0.5, 0.6) is 0 Å². The summed E-state index contributed by atoms with van der Waals surface area (Å²) >= 11 is 0. The monoisotopic (exact) mass is 235 g/mol. The lowest BCUT2D eigenvalue weighted by molar-refractivity contribution is 0.0754. The second-order valence-electron chi connectivity index (χ2n) is 7.76. The fourth-order valence-electron chi connectivity index (χ4n) is 5.30. The van der Waals surface area contributed by atoms with Gasteiger partial charge < -0.3 is 5.73 Å². The maximum atomic E-state index is 6.72. The highest BCUT2D eigenvalue weighted by Gasteiger charge is 2.47. The molecule has 5 atom stereocenters. The van der Waals surface area contributed by atoms with Crippen LogP contribution in [0.4, 0.5) is 0 Å². The Balaban J connectivity index is 1.70. The smallest absolute Gasteiger partial charge is 0.0103 e. The van der Waals surface area contributed by atoms with Gasteiger partial charge in [0.1, 0.15) is 0 Å². The third-order valence-corrected chi connectivity index (χ3v) is 6.34. The molecule has 0 spiro atoms. The second kappa shape index (κ2) is 4.26. The highest BCUT2D eigenvalue weighted by Crippen LogP contribution is 2.53. The van der Waals surface area contributed by atoms with Crippen molar-refractivity contribution < 1.29 is 0 Å². The van der Waals surface area contributed by atoms with E-state index in [-0.39, 0.29) is 0 Å². The summed E-state index contributed by atoms with van der Waals surface area (Å²) in [6.07, 6.45) is 11.6. The van der Waals surface area contributed by atoms with Crippen molar-refractivity contribution in [2.75, 3.05) is 0 Å². The van der Waals surface area contributed by atoms with Crippen molar-refractivity contribution in [3.8, 4) is 0 Å². The molecule has 3 aliphatic rings. The predicted octanol–water partition coefficient (Wildman–Crippen LogP) is 3.97. The first-order valence-corrected chi connectivity index (χ1v) is 7.83. The van der Waals surface area contributed by atoms with Crippen LogP contribution in [0.3, 0.4) is 0 Å². The van der Waals surface area contributed by atoms with E-state index < -0.39 is 0 Å². The summed E-state index contributed by atoms with van der Waals surface area (Å²) in [5, 5.41) is 0. The predicted molar refractivity (Wildman–Crippen MR) is 72.7 cm³/mol. The Labute approximate surface area is 107 Å². The summed E-state index contributed by atoms with van der Waals surface area (Å²) in [4.78, 5) is 0. The largest absolute Gasteiger partial charge is 0.327 e. The van der Waals surface area contributed by atoms with Crippen LogP contribution in [0.15, 0.2) is 0 Å². The van der Waals surface area contributed by atoms with Crippen molar-refractivity contribution in [1.82, 2.24) is 0 Å². The molecule has 17 heavy (non-hydrogen) atoms. The van der Waals surface area contributed by atoms with Crippen LogP contribution < -0.4 is 5.73 Å². The van der Waals surface area contributed by atoms with Gasteiger partial charge in [0.2, 0.25) is 0 Å². The van der Waals surface area contributed by atoms with Gasteiger partial charge in [0.05, 0.1) is 0 Å². The van der Waals surface area contributed by atoms with Gasteiger partial charge in [-0.3, -0.25) is 0 Å². The van der Waals surface area contributed by atoms with E-state index in [0.717, 1.165) is 23.7 Å². The van der Waals surface area contributed by atoms with Gasteiger partial charge in [0.25, 0.3) is 0 Å². The lowest BCUT2D eigenvalue weighted by atomic mass is 9.62. The molecule has 2 bridgehead atoms. The molecule has 0 aliphatic heterocycles. The summed E-state index contributed by atoms with van der Waals surface area (Å²) in [6, 6.07) is 0.501. The molecule has 3 fully saturated rings. The second-order valence-corrected chi connectivity index (χ2v) is 7.76. The van der Waals surface area contributed by atoms with Crippen LogP contribution in [0.1, 0.15) is 65.2 Å². The van der Waals surface area contributed by atoms with Crippen molar-refractivity contribution >= 4 is 0 Å². The Hall–Kier alpha value is -0.0400. The average molecular weight is 235 g/mol. The summed E-state index contributed by atoms with van der Waals surface area (Å²) in [7, 11) is 0. The normalized spacial score (nSPS) is 46.1. The van der Waals surface area contributed by atoms with E-state index in [1.807, 2.05) is 0 Å². The molecule has 0 aromatic rings. The molecule has 0 aromatic heterocycles. The van der Waals surface area contributed by atoms with Crippen molar-refractivity contribution in [1.29, 1.82) is 0 Å². The SMILES string of the molecule is CC1(C)CCCCC1C(N)C1CC2CCC1C2. The van der Waals surface area contributed by atoms with Crippen LogP contribution in [-0.2, 0) is 0 Å². The molecule has 3 rings (SSSR count). The fraction of sp³-hybridized carbons (Fsp3) is 1.00. The Kier molecular flexibility index (Phi) is 3.01. The van der Waals surface area contributed by atoms with Crippen LogP contribution in [0.25, 0.3) is 0 Å². The number of nitrogens with two attached hydrogens (primary N) is 1. The lowest BCUT2D eigenvalue weighted by Gasteiger charge is -2.45. The zero-order valence-electron chi connectivity index (χ0n) is 11.6. The van der Waals surface area contributed by atoms with Gasteiger partial charge in [-0.25, -0.2) is 0 Å². The van der Waals surface area contributed by atoms with Crippen molar-refractivity contribution in [3.63, 3.8) is 0 Å². The molecule has 0 aromatic carbocycles. The standard InChI is InChI=1S/C16H29N/c1-16(2)8-4-3-5-14(16)15(17)13-10-11-6-7-12(13)9-11/h11-15H,3-10,17H2,1-2H3. The molecule has 98 valence electrons. The van der Waals surface area contributed by atoms with Gasteiger partial charge in [-0.2, -0.15) is 0 Å². The molecule has 2 N–H and O–H groups in total. The molecule has 3 saturated carbocycles. The van der Waals surface area contributed by atoms with E-state index in [1.54, 1.807) is 0 Å². The minimum Gasteiger partial charge on any atom is -0.327 e. The molecular formula is C16H29N. The molecular weight excluding hydrogens is 206 g/mol. The quantitative estimate of drug-likeness (QED) is 0.770. The fourth-order valence-corrected chi connectivity index (χ4v) is 5.30. The van der Waals surface area contributed by atoms with E-state index >= 15 is 0 Å². The molecule has 0 amide bonds. The van der Waals surface area contributed by atoms with E-state index in [4.69, 9.17) is 5.73 Å². The van der Waals surface area contributed by atoms with Crippen LogP contribution >= 0.6 is 0 Å². The van der Waals surface area contributed by atoms with Crippen LogP contribution in [-0.4, -0.2) is 6.04 Å². The summed E-state index contributed by atoms with van der Waals surface area (Å²) in [5.41, 5.74) is 7.22. The minimum atomic E-state index is 0.500. The Morgan fingerprint density at radius 1 is 1.06 bits per heavy atom. The first-order chi connectivity index (χ1) is 8.08. The van der Waals surface area contributed by atoms with Crippen LogP contribution in [0, 0.1) is 29.1 Å². The van der Waals surface area contributed by atoms with Crippen LogP contribution in [0.2, 0.25) is 0 Å². The van der Waals surface area contributed by atoms with E-state index in [2.05, 4.69) is 13.8 Å². The Bertz CT molecular complexity index is 283. The zero-order chi connectivity index (χ0) is 12.0. The van der Waals surface area contributed by atoms with E-state index in [1.165, 1.54) is 51.4 Å². The topological polar surface area (TPSA) is 26.0 Å². The van der Waals surface area contributed by atoms with E-state index in [9.17, 15) is 0 Å². The summed E-state index contributed by atoms with van der Waals surface area (Å²) in [5.74, 6) is 3.70. The minimum absolute atomic E-state index is 0.500. The number of hydrogen-bond donors (Lipinski definition) is 1. The first-order valence-electron chi connectivity index (χ1n) is 7.83. The highest BCUT2D eigenvalue weighted by atomic mass is 14.7. The molecule has 1 heteroatoms. The Morgan fingerprint density at radius 3 is 2.47 bits per heavy atom. The summed E-state index contributed by atoms with van der Waals surface area (Å²) < 4.78 is 0. The molecule has 0 radical (unpaired) electrons. The molecule has 5 unspecified atom stereocenters. The van der Waals surface area contributed by atoms with E-state index in [0.29, 0.717) is 11.5 Å². The lowest BCUT2D eigenvalue weighted by Crippen LogP contribution is -2.47. The zero-order valence-corrected chi connectivity index (χ0v) is 11.6. The van der Waals surface area contributed by atoms with Gasteiger partial charge >= 0.3 is 0 Å². The van der Waals surface area contributed by atoms with Gasteiger partial charge in [-0.05, 0) is 61.2 Å². The van der Waals surface area contributed by atoms with Crippen molar-refractivity contribution in [3.05, 3.63) is 0 Å². The average Bonchev–Trinajstić information content (AvgIpc) is 2.89. The van der Waals surface area contributed by atoms with Crippen molar-refractivity contribution in [2.24, 2.45) is 34.8 Å². The molecule has 1 nitrogen and oxygen atoms in total. The third-order valence-electron chi connectivity index (χ3n) is 6.34. The first kappa shape index (κ1) is 12.0. The van der Waals surface area contributed by atoms with Gasteiger partial charge in [0.15, 0.2) is 0 Å². The molecule has 0 heterocycles. The van der Waals surface area contributed by atoms with Gasteiger partial charge in [-0.1, -0.05) is 33.1 Å².